The van der Waals surface area contributed by atoms with Crippen molar-refractivity contribution in [2.24, 2.45) is 0 Å². The number of thioether (sulfide) groups is 2. The zero-order valence-corrected chi connectivity index (χ0v) is 24.2. The van der Waals surface area contributed by atoms with Crippen LogP contribution in [0.5, 0.6) is 5.75 Å². The Kier molecular flexibility index (Phi) is 13.0. The third-order valence-corrected chi connectivity index (χ3v) is 7.30. The van der Waals surface area contributed by atoms with Gasteiger partial charge in [0.2, 0.25) is 0 Å². The lowest BCUT2D eigenvalue weighted by Gasteiger charge is -2.11. The van der Waals surface area contributed by atoms with E-state index in [1.54, 1.807) is 30.6 Å². The molecular weight excluding hydrogens is 577 g/mol. The van der Waals surface area contributed by atoms with Crippen LogP contribution in [0.25, 0.3) is 22.1 Å². The van der Waals surface area contributed by atoms with E-state index in [1.165, 1.54) is 0 Å². The molecule has 36 heavy (non-hydrogen) atoms. The van der Waals surface area contributed by atoms with Gasteiger partial charge in [-0.25, -0.2) is 4.98 Å². The number of H-pyrrole nitrogens is 3. The van der Waals surface area contributed by atoms with Gasteiger partial charge in [0, 0.05) is 17.8 Å². The lowest BCUT2D eigenvalue weighted by molar-refractivity contribution is 0.398. The van der Waals surface area contributed by atoms with Crippen LogP contribution in [-0.2, 0) is 5.75 Å². The molecule has 0 aliphatic rings. The molecule has 0 aliphatic heterocycles. The minimum atomic E-state index is 0. The molecule has 0 saturated heterocycles. The molecule has 3 heterocycles. The zero-order valence-electron chi connectivity index (χ0n) is 19.3. The lowest BCUT2D eigenvalue weighted by Crippen LogP contribution is -1.97. The second-order valence-corrected chi connectivity index (χ2v) is 10.0. The summed E-state index contributed by atoms with van der Waals surface area (Å²) in [5.74, 6) is 3.20. The smallest absolute Gasteiger partial charge is 0.175 e. The Labute approximate surface area is 240 Å². The van der Waals surface area contributed by atoms with E-state index in [1.807, 2.05) is 60.8 Å². The summed E-state index contributed by atoms with van der Waals surface area (Å²) < 4.78 is 6.28. The normalized spacial score (nSPS) is 10.3. The summed E-state index contributed by atoms with van der Waals surface area (Å²) in [6.45, 7) is 0. The van der Waals surface area contributed by atoms with E-state index in [4.69, 9.17) is 28.6 Å². The van der Waals surface area contributed by atoms with Crippen molar-refractivity contribution in [2.45, 2.75) is 22.2 Å². The van der Waals surface area contributed by atoms with E-state index in [2.05, 4.69) is 24.9 Å². The third-order valence-electron chi connectivity index (χ3n) is 4.82. The van der Waals surface area contributed by atoms with Gasteiger partial charge in [-0.2, -0.15) is 0 Å². The molecule has 5 rings (SSSR count). The van der Waals surface area contributed by atoms with Crippen LogP contribution in [0.2, 0.25) is 0 Å². The Morgan fingerprint density at radius 1 is 0.917 bits per heavy atom. The summed E-state index contributed by atoms with van der Waals surface area (Å²) in [6, 6.07) is 17.9. The quantitative estimate of drug-likeness (QED) is 0.0721. The van der Waals surface area contributed by atoms with Crippen molar-refractivity contribution in [1.29, 1.82) is 0 Å². The van der Waals surface area contributed by atoms with E-state index < -0.39 is 0 Å². The molecule has 0 bridgehead atoms. The maximum Gasteiger partial charge on any atom is 0.175 e. The number of hydrogen-bond donors (Lipinski definition) is 3. The molecule has 0 amide bonds. The van der Waals surface area contributed by atoms with Gasteiger partial charge in [0.05, 0.1) is 39.8 Å². The van der Waals surface area contributed by atoms with Crippen molar-refractivity contribution in [3.05, 3.63) is 71.3 Å². The third kappa shape index (κ3) is 8.06. The van der Waals surface area contributed by atoms with Crippen molar-refractivity contribution in [3.63, 3.8) is 0 Å². The van der Waals surface area contributed by atoms with Crippen molar-refractivity contribution in [3.8, 4) is 5.75 Å². The fraction of sp³-hybridized carbons (Fsp3) is 0.208. The van der Waals surface area contributed by atoms with Crippen molar-refractivity contribution >= 4 is 94.2 Å². The van der Waals surface area contributed by atoms with Crippen molar-refractivity contribution in [2.75, 3.05) is 18.7 Å². The first-order valence-corrected chi connectivity index (χ1v) is 13.5. The number of fused-ring (bicyclic) bond motifs is 2. The number of alkyl halides is 1. The Hall–Kier alpha value is -1.88. The van der Waals surface area contributed by atoms with Gasteiger partial charge in [-0.3, -0.25) is 4.98 Å². The highest BCUT2D eigenvalue weighted by Gasteiger charge is 2.12. The standard InChI is InChI=1S/C17H18ClN3OS2.C7H6N2S.2ClH/c1-22-16-14(19-9-7-15(16)23-10-4-8-18)11-24-17-20-12-5-2-3-6-13(12)21-17;10-7-8-5-3-1-2-4-6(5)9-7;;/h2-3,5-7,9H,4,8,10-11H2,1H3,(H,20,21);1-4H,(H2,8,9,10);2*1H. The predicted octanol–water partition coefficient (Wildman–Crippen LogP) is 8.05. The summed E-state index contributed by atoms with van der Waals surface area (Å²) in [6.07, 6.45) is 2.81. The van der Waals surface area contributed by atoms with Crippen LogP contribution in [0.4, 0.5) is 0 Å². The molecule has 12 heteroatoms. The highest BCUT2D eigenvalue weighted by Crippen LogP contribution is 2.34. The van der Waals surface area contributed by atoms with Crippen LogP contribution < -0.4 is 4.74 Å². The number of methoxy groups -OCH3 is 1. The number of benzene rings is 2. The molecule has 0 atom stereocenters. The predicted molar refractivity (Wildman–Crippen MR) is 160 cm³/mol. The minimum Gasteiger partial charge on any atom is -0.494 e. The molecule has 0 saturated carbocycles. The number of para-hydroxylation sites is 4. The van der Waals surface area contributed by atoms with Gasteiger partial charge in [0.25, 0.3) is 0 Å². The molecule has 0 aliphatic carbocycles. The van der Waals surface area contributed by atoms with Crippen LogP contribution in [0.15, 0.2) is 70.8 Å². The molecular formula is C24H26Cl3N5OS3. The van der Waals surface area contributed by atoms with Crippen LogP contribution >= 0.6 is 72.2 Å². The maximum atomic E-state index is 5.75. The molecule has 3 aromatic heterocycles. The van der Waals surface area contributed by atoms with Gasteiger partial charge in [-0.15, -0.1) is 48.2 Å². The summed E-state index contributed by atoms with van der Waals surface area (Å²) in [7, 11) is 1.69. The number of aromatic nitrogens is 5. The summed E-state index contributed by atoms with van der Waals surface area (Å²) in [5, 5.41) is 0.889. The van der Waals surface area contributed by atoms with Crippen LogP contribution in [-0.4, -0.2) is 43.7 Å². The summed E-state index contributed by atoms with van der Waals surface area (Å²) in [4.78, 5) is 19.5. The Morgan fingerprint density at radius 2 is 1.58 bits per heavy atom. The summed E-state index contributed by atoms with van der Waals surface area (Å²) in [5.41, 5.74) is 5.08. The first-order valence-electron chi connectivity index (χ1n) is 10.6. The number of ether oxygens (including phenoxy) is 1. The highest BCUT2D eigenvalue weighted by atomic mass is 35.5. The average Bonchev–Trinajstić information content (AvgIpc) is 3.45. The monoisotopic (exact) mass is 601 g/mol. The van der Waals surface area contributed by atoms with Crippen LogP contribution in [0.1, 0.15) is 12.1 Å². The summed E-state index contributed by atoms with van der Waals surface area (Å²) >= 11 is 14.0. The van der Waals surface area contributed by atoms with Gasteiger partial charge in [-0.05, 0) is 54.7 Å². The Morgan fingerprint density at radius 3 is 2.22 bits per heavy atom. The molecule has 192 valence electrons. The van der Waals surface area contributed by atoms with Crippen molar-refractivity contribution in [1.82, 2.24) is 24.9 Å². The molecule has 6 nitrogen and oxygen atoms in total. The van der Waals surface area contributed by atoms with Gasteiger partial charge in [0.1, 0.15) is 0 Å². The van der Waals surface area contributed by atoms with Crippen LogP contribution in [0, 0.1) is 4.77 Å². The number of rotatable bonds is 8. The molecule has 0 unspecified atom stereocenters. The number of pyridine rings is 1. The topological polar surface area (TPSA) is 82.4 Å². The lowest BCUT2D eigenvalue weighted by atomic mass is 10.3. The van der Waals surface area contributed by atoms with Gasteiger partial charge >= 0.3 is 0 Å². The number of halogens is 3. The van der Waals surface area contributed by atoms with Gasteiger partial charge < -0.3 is 19.7 Å². The first kappa shape index (κ1) is 30.3. The fourth-order valence-electron chi connectivity index (χ4n) is 3.25. The molecule has 0 fully saturated rings. The fourth-order valence-corrected chi connectivity index (χ4v) is 5.59. The van der Waals surface area contributed by atoms with E-state index in [0.29, 0.717) is 16.4 Å². The number of aromatic amines is 3. The largest absolute Gasteiger partial charge is 0.494 e. The zero-order chi connectivity index (χ0) is 23.8. The molecule has 2 aromatic carbocycles. The second kappa shape index (κ2) is 15.4. The highest BCUT2D eigenvalue weighted by molar-refractivity contribution is 7.99. The number of nitrogens with one attached hydrogen (secondary N) is 3. The Bertz CT molecular complexity index is 1350. The van der Waals surface area contributed by atoms with E-state index in [0.717, 1.165) is 55.7 Å². The van der Waals surface area contributed by atoms with E-state index in [-0.39, 0.29) is 24.8 Å². The van der Waals surface area contributed by atoms with E-state index in [9.17, 15) is 0 Å². The van der Waals surface area contributed by atoms with Gasteiger partial charge in [-0.1, -0.05) is 36.0 Å². The average molecular weight is 603 g/mol. The number of hydrogen-bond acceptors (Lipinski definition) is 6. The first-order chi connectivity index (χ1) is 16.7. The number of nitrogens with zero attached hydrogens (tertiary/aromatic N) is 2. The molecule has 3 N–H and O–H groups in total. The maximum absolute atomic E-state index is 5.75. The van der Waals surface area contributed by atoms with Crippen molar-refractivity contribution < 1.29 is 4.74 Å². The van der Waals surface area contributed by atoms with Crippen LogP contribution in [0.3, 0.4) is 0 Å². The SMILES string of the molecule is COc1c(SCCCCl)ccnc1CSc1nc2ccccc2[nH]1.Cl.Cl.S=c1[nH]c2ccccc2[nH]1. The second-order valence-electron chi connectivity index (χ2n) is 7.15. The number of imidazole rings is 2. The molecule has 5 aromatic rings. The molecule has 0 radical (unpaired) electrons. The molecule has 0 spiro atoms. The Balaban J connectivity index is 0.000000319. The van der Waals surface area contributed by atoms with Gasteiger partial charge in [0.15, 0.2) is 15.7 Å². The minimum absolute atomic E-state index is 0. The van der Waals surface area contributed by atoms with E-state index >= 15 is 0 Å².